The van der Waals surface area contributed by atoms with Gasteiger partial charge in [-0.3, -0.25) is 9.59 Å². The molecule has 1 aromatic heterocycles. The summed E-state index contributed by atoms with van der Waals surface area (Å²) in [7, 11) is 1.69. The highest BCUT2D eigenvalue weighted by atomic mass is 32.1. The van der Waals surface area contributed by atoms with Crippen LogP contribution < -0.4 is 25.2 Å². The first-order chi connectivity index (χ1) is 17.4. The number of para-hydroxylation sites is 2. The van der Waals surface area contributed by atoms with Gasteiger partial charge in [0.1, 0.15) is 5.75 Å². The van der Waals surface area contributed by atoms with E-state index in [4.69, 9.17) is 4.74 Å². The van der Waals surface area contributed by atoms with Crippen molar-refractivity contribution < 1.29 is 14.3 Å². The first-order valence-electron chi connectivity index (χ1n) is 12.3. The van der Waals surface area contributed by atoms with Crippen LogP contribution in [0.15, 0.2) is 60.0 Å². The average molecular weight is 507 g/mol. The fourth-order valence-electron chi connectivity index (χ4n) is 4.32. The van der Waals surface area contributed by atoms with Gasteiger partial charge in [0.15, 0.2) is 0 Å². The largest absolute Gasteiger partial charge is 0.495 e. The van der Waals surface area contributed by atoms with Crippen molar-refractivity contribution in [1.29, 1.82) is 0 Å². The van der Waals surface area contributed by atoms with Crippen LogP contribution in [-0.4, -0.2) is 51.6 Å². The molecule has 190 valence electrons. The third kappa shape index (κ3) is 6.37. The van der Waals surface area contributed by atoms with Gasteiger partial charge < -0.3 is 25.2 Å². The minimum atomic E-state index is -0.125. The maximum atomic E-state index is 13.2. The molecule has 0 saturated carbocycles. The maximum Gasteiger partial charge on any atom is 0.253 e. The smallest absolute Gasteiger partial charge is 0.253 e. The molecule has 2 amide bonds. The SMILES string of the molecule is COc1ccccc1N1CCN(c2ccc(NC(=O)Cc3cccs3)cc2C(=O)NCC(C)C)CC1. The summed E-state index contributed by atoms with van der Waals surface area (Å²) >= 11 is 1.56. The van der Waals surface area contributed by atoms with Crippen LogP contribution >= 0.6 is 11.3 Å². The molecule has 0 aliphatic carbocycles. The van der Waals surface area contributed by atoms with Crippen molar-refractivity contribution in [2.24, 2.45) is 5.92 Å². The molecular formula is C28H34N4O3S. The second-order valence-electron chi connectivity index (χ2n) is 9.29. The summed E-state index contributed by atoms with van der Waals surface area (Å²) < 4.78 is 5.54. The number of carbonyl (C=O) groups is 2. The van der Waals surface area contributed by atoms with Gasteiger partial charge in [0.25, 0.3) is 5.91 Å². The summed E-state index contributed by atoms with van der Waals surface area (Å²) in [5.74, 6) is 0.988. The molecule has 3 aromatic rings. The molecule has 0 bridgehead atoms. The van der Waals surface area contributed by atoms with E-state index in [1.54, 1.807) is 24.5 Å². The highest BCUT2D eigenvalue weighted by Crippen LogP contribution is 2.31. The second kappa shape index (κ2) is 11.9. The fourth-order valence-corrected chi connectivity index (χ4v) is 5.02. The Labute approximate surface area is 217 Å². The zero-order chi connectivity index (χ0) is 25.5. The first kappa shape index (κ1) is 25.6. The molecule has 0 unspecified atom stereocenters. The van der Waals surface area contributed by atoms with Crippen molar-refractivity contribution in [3.05, 3.63) is 70.4 Å². The number of ether oxygens (including phenoxy) is 1. The molecule has 1 fully saturated rings. The molecule has 4 rings (SSSR count). The summed E-state index contributed by atoms with van der Waals surface area (Å²) in [4.78, 5) is 31.3. The fraction of sp³-hybridized carbons (Fsp3) is 0.357. The average Bonchev–Trinajstić information content (AvgIpc) is 3.40. The van der Waals surface area contributed by atoms with E-state index in [0.29, 0.717) is 30.1 Å². The van der Waals surface area contributed by atoms with Crippen LogP contribution in [0.4, 0.5) is 17.1 Å². The number of benzene rings is 2. The van der Waals surface area contributed by atoms with Gasteiger partial charge in [0.05, 0.1) is 24.8 Å². The summed E-state index contributed by atoms with van der Waals surface area (Å²) in [6.07, 6.45) is 0.319. The molecule has 2 N–H and O–H groups in total. The number of nitrogens with one attached hydrogen (secondary N) is 2. The summed E-state index contributed by atoms with van der Waals surface area (Å²) in [5.41, 5.74) is 3.17. The predicted octanol–water partition coefficient (Wildman–Crippen LogP) is 4.65. The molecule has 1 aliphatic rings. The first-order valence-corrected chi connectivity index (χ1v) is 13.2. The quantitative estimate of drug-likeness (QED) is 0.442. The molecule has 8 heteroatoms. The van der Waals surface area contributed by atoms with Crippen LogP contribution in [-0.2, 0) is 11.2 Å². The van der Waals surface area contributed by atoms with Crippen molar-refractivity contribution >= 4 is 40.2 Å². The van der Waals surface area contributed by atoms with E-state index in [9.17, 15) is 9.59 Å². The molecule has 7 nitrogen and oxygen atoms in total. The number of methoxy groups -OCH3 is 1. The Morgan fingerprint density at radius 1 is 0.972 bits per heavy atom. The van der Waals surface area contributed by atoms with E-state index in [2.05, 4.69) is 40.3 Å². The molecule has 1 aliphatic heterocycles. The van der Waals surface area contributed by atoms with Crippen molar-refractivity contribution in [3.8, 4) is 5.75 Å². The second-order valence-corrected chi connectivity index (χ2v) is 10.3. The van der Waals surface area contributed by atoms with Crippen LogP contribution in [0.5, 0.6) is 5.75 Å². The normalized spacial score (nSPS) is 13.6. The number of amides is 2. The van der Waals surface area contributed by atoms with E-state index in [0.717, 1.165) is 48.2 Å². The third-order valence-electron chi connectivity index (χ3n) is 6.16. The molecular weight excluding hydrogens is 472 g/mol. The van der Waals surface area contributed by atoms with Gasteiger partial charge in [0, 0.05) is 49.0 Å². The van der Waals surface area contributed by atoms with E-state index < -0.39 is 0 Å². The predicted molar refractivity (Wildman–Crippen MR) is 148 cm³/mol. The Hall–Kier alpha value is -3.52. The van der Waals surface area contributed by atoms with Crippen LogP contribution in [0.1, 0.15) is 29.1 Å². The van der Waals surface area contributed by atoms with Crippen molar-refractivity contribution in [3.63, 3.8) is 0 Å². The lowest BCUT2D eigenvalue weighted by Gasteiger charge is -2.38. The summed E-state index contributed by atoms with van der Waals surface area (Å²) in [5, 5.41) is 7.96. The Morgan fingerprint density at radius 3 is 2.36 bits per heavy atom. The molecule has 0 spiro atoms. The van der Waals surface area contributed by atoms with Gasteiger partial charge in [-0.25, -0.2) is 0 Å². The third-order valence-corrected chi connectivity index (χ3v) is 7.03. The highest BCUT2D eigenvalue weighted by molar-refractivity contribution is 7.10. The van der Waals surface area contributed by atoms with E-state index >= 15 is 0 Å². The van der Waals surface area contributed by atoms with E-state index in [1.165, 1.54) is 0 Å². The highest BCUT2D eigenvalue weighted by Gasteiger charge is 2.24. The van der Waals surface area contributed by atoms with Gasteiger partial charge in [-0.15, -0.1) is 11.3 Å². The van der Waals surface area contributed by atoms with Gasteiger partial charge in [-0.2, -0.15) is 0 Å². The molecule has 0 radical (unpaired) electrons. The number of hydrogen-bond acceptors (Lipinski definition) is 6. The Bertz CT molecular complexity index is 1170. The van der Waals surface area contributed by atoms with E-state index in [1.807, 2.05) is 47.8 Å². The Kier molecular flexibility index (Phi) is 8.48. The summed E-state index contributed by atoms with van der Waals surface area (Å²) in [6, 6.07) is 17.6. The zero-order valence-electron chi connectivity index (χ0n) is 21.1. The van der Waals surface area contributed by atoms with Gasteiger partial charge in [0.2, 0.25) is 5.91 Å². The maximum absolute atomic E-state index is 13.2. The number of carbonyl (C=O) groups excluding carboxylic acids is 2. The number of hydrogen-bond donors (Lipinski definition) is 2. The standard InChI is InChI=1S/C28H34N4O3S/c1-20(2)19-29-28(34)23-17-21(30-27(33)18-22-7-6-16-36-22)10-11-24(23)31-12-14-32(15-13-31)25-8-4-5-9-26(25)35-3/h4-11,16-17,20H,12-15,18-19H2,1-3H3,(H,29,34)(H,30,33). The molecule has 2 heterocycles. The topological polar surface area (TPSA) is 73.9 Å². The van der Waals surface area contributed by atoms with Gasteiger partial charge in [-0.1, -0.05) is 32.0 Å². The van der Waals surface area contributed by atoms with Crippen molar-refractivity contribution in [1.82, 2.24) is 5.32 Å². The van der Waals surface area contributed by atoms with E-state index in [-0.39, 0.29) is 11.8 Å². The Morgan fingerprint density at radius 2 is 1.69 bits per heavy atom. The summed E-state index contributed by atoms with van der Waals surface area (Å²) in [6.45, 7) is 7.90. The number of thiophene rings is 1. The lowest BCUT2D eigenvalue weighted by atomic mass is 10.1. The van der Waals surface area contributed by atoms with Crippen LogP contribution in [0, 0.1) is 5.92 Å². The lowest BCUT2D eigenvalue weighted by Crippen LogP contribution is -2.47. The molecule has 2 aromatic carbocycles. The Balaban J connectivity index is 1.51. The monoisotopic (exact) mass is 506 g/mol. The van der Waals surface area contributed by atoms with Gasteiger partial charge in [-0.05, 0) is 47.7 Å². The van der Waals surface area contributed by atoms with Gasteiger partial charge >= 0.3 is 0 Å². The number of nitrogens with zero attached hydrogens (tertiary/aromatic N) is 2. The van der Waals surface area contributed by atoms with Crippen molar-refractivity contribution in [2.45, 2.75) is 20.3 Å². The zero-order valence-corrected chi connectivity index (χ0v) is 21.9. The number of piperazine rings is 1. The number of anilines is 3. The van der Waals surface area contributed by atoms with Crippen molar-refractivity contribution in [2.75, 3.05) is 55.0 Å². The minimum Gasteiger partial charge on any atom is -0.495 e. The van der Waals surface area contributed by atoms with Crippen LogP contribution in [0.3, 0.4) is 0 Å². The molecule has 0 atom stereocenters. The van der Waals surface area contributed by atoms with Crippen LogP contribution in [0.2, 0.25) is 0 Å². The molecule has 1 saturated heterocycles. The van der Waals surface area contributed by atoms with Crippen LogP contribution in [0.25, 0.3) is 0 Å². The molecule has 36 heavy (non-hydrogen) atoms. The lowest BCUT2D eigenvalue weighted by molar-refractivity contribution is -0.115. The minimum absolute atomic E-state index is 0.0934. The number of rotatable bonds is 9.